The molecule has 9 nitrogen and oxygen atoms in total. The van der Waals surface area contributed by atoms with Crippen molar-refractivity contribution in [1.82, 2.24) is 0 Å². The monoisotopic (exact) mass is 686 g/mol. The van der Waals surface area contributed by atoms with Gasteiger partial charge in [-0.2, -0.15) is 0 Å². The van der Waals surface area contributed by atoms with E-state index in [0.29, 0.717) is 51.6 Å². The van der Waals surface area contributed by atoms with Crippen LogP contribution >= 0.6 is 0 Å². The van der Waals surface area contributed by atoms with Crippen molar-refractivity contribution in [2.24, 2.45) is 28.6 Å². The summed E-state index contributed by atoms with van der Waals surface area (Å²) in [6.45, 7) is 8.92. The van der Waals surface area contributed by atoms with E-state index in [-0.39, 0.29) is 48.1 Å². The highest BCUT2D eigenvalue weighted by Gasteiger charge is 2.71. The van der Waals surface area contributed by atoms with Crippen molar-refractivity contribution >= 4 is 12.3 Å². The van der Waals surface area contributed by atoms with E-state index >= 15 is 0 Å². The number of aldehydes is 1. The van der Waals surface area contributed by atoms with Crippen LogP contribution in [0.2, 0.25) is 0 Å². The SMILES string of the molecule is CCCCCCCCC1(CC)OC2C[C@H](O[C@@H]3CC[C@]4(C=O)C5CC[C@]6(C)[C@@H](C7=CC(=O)OC7)CC[C@]6(O)C5CC[C@]4(O)C3)OC(C)[C@H]2O1. The van der Waals surface area contributed by atoms with Crippen molar-refractivity contribution in [2.75, 3.05) is 6.61 Å². The highest BCUT2D eigenvalue weighted by atomic mass is 16.8. The Hall–Kier alpha value is -1.36. The second kappa shape index (κ2) is 13.6. The van der Waals surface area contributed by atoms with Crippen molar-refractivity contribution in [3.63, 3.8) is 0 Å². The van der Waals surface area contributed by atoms with Gasteiger partial charge in [-0.05, 0) is 94.5 Å². The molecule has 0 bridgehead atoms. The minimum atomic E-state index is -1.19. The predicted octanol–water partition coefficient (Wildman–Crippen LogP) is 6.70. The van der Waals surface area contributed by atoms with E-state index in [0.717, 1.165) is 50.4 Å². The van der Waals surface area contributed by atoms with Crippen molar-refractivity contribution in [2.45, 2.75) is 191 Å². The standard InChI is InChI=1S/C40H62O9/c1-5-7-8-9-10-11-16-39(6-2)48-32-22-34(46-26(3)35(32)49-39)47-28-12-18-37(25-41)30-13-17-36(4)29(27-21-33(42)45-24-27)15-20-40(36,44)31(30)14-19-38(37,43)23-28/h21,25-26,28-32,34-35,43-44H,5-20,22-24H2,1-4H3/t26?,28-,29-,30?,31?,32?,34+,35-,36-,37+,38+,39?,40+/m1/s1. The summed E-state index contributed by atoms with van der Waals surface area (Å²) >= 11 is 0. The average molecular weight is 687 g/mol. The van der Waals surface area contributed by atoms with Gasteiger partial charge in [-0.1, -0.05) is 52.9 Å². The quantitative estimate of drug-likeness (QED) is 0.100. The van der Waals surface area contributed by atoms with E-state index in [9.17, 15) is 19.8 Å². The number of esters is 1. The first-order valence-corrected chi connectivity index (χ1v) is 19.9. The molecule has 3 heterocycles. The summed E-state index contributed by atoms with van der Waals surface area (Å²) in [5.74, 6) is -0.938. The third kappa shape index (κ3) is 5.89. The number of hydrogen-bond donors (Lipinski definition) is 2. The number of ether oxygens (including phenoxy) is 5. The Morgan fingerprint density at radius 3 is 2.47 bits per heavy atom. The lowest BCUT2D eigenvalue weighted by Crippen LogP contribution is -2.69. The Kier molecular flexibility index (Phi) is 9.97. The molecule has 7 rings (SSSR count). The molecule has 6 fully saturated rings. The molecule has 2 saturated heterocycles. The zero-order valence-corrected chi connectivity index (χ0v) is 30.5. The molecule has 0 aromatic carbocycles. The summed E-state index contributed by atoms with van der Waals surface area (Å²) in [5.41, 5.74) is -2.46. The number of hydrogen-bond acceptors (Lipinski definition) is 9. The fourth-order valence-corrected chi connectivity index (χ4v) is 12.2. The van der Waals surface area contributed by atoms with Crippen LogP contribution in [-0.2, 0) is 33.3 Å². The summed E-state index contributed by atoms with van der Waals surface area (Å²) < 4.78 is 31.6. The van der Waals surface area contributed by atoms with Gasteiger partial charge in [0.25, 0.3) is 0 Å². The molecule has 4 aliphatic carbocycles. The maximum absolute atomic E-state index is 13.3. The molecule has 13 atom stereocenters. The molecule has 0 radical (unpaired) electrons. The third-order valence-corrected chi connectivity index (χ3v) is 15.0. The van der Waals surface area contributed by atoms with E-state index in [1.807, 2.05) is 6.92 Å². The van der Waals surface area contributed by atoms with Crippen LogP contribution in [0.15, 0.2) is 11.6 Å². The molecule has 9 heteroatoms. The average Bonchev–Trinajstić information content (AvgIpc) is 3.75. The molecule has 2 N–H and O–H groups in total. The first-order valence-electron chi connectivity index (χ1n) is 19.9. The highest BCUT2D eigenvalue weighted by molar-refractivity contribution is 5.85. The lowest BCUT2D eigenvalue weighted by molar-refractivity contribution is -0.278. The number of carbonyl (C=O) groups is 2. The Bertz CT molecular complexity index is 1270. The number of fused-ring (bicyclic) bond motifs is 6. The molecule has 49 heavy (non-hydrogen) atoms. The molecular weight excluding hydrogens is 624 g/mol. The first-order chi connectivity index (χ1) is 23.5. The van der Waals surface area contributed by atoms with Gasteiger partial charge >= 0.3 is 5.97 Å². The van der Waals surface area contributed by atoms with Crippen LogP contribution in [0, 0.1) is 28.6 Å². The van der Waals surface area contributed by atoms with E-state index in [1.54, 1.807) is 6.08 Å². The second-order valence-electron chi connectivity index (χ2n) is 17.3. The summed E-state index contributed by atoms with van der Waals surface area (Å²) in [6.07, 6.45) is 17.0. The number of cyclic esters (lactones) is 1. The topological polar surface area (TPSA) is 121 Å². The normalized spacial score (nSPS) is 49.0. The van der Waals surface area contributed by atoms with E-state index < -0.39 is 34.1 Å². The molecule has 5 unspecified atom stereocenters. The van der Waals surface area contributed by atoms with Crippen LogP contribution < -0.4 is 0 Å². The largest absolute Gasteiger partial charge is 0.458 e. The van der Waals surface area contributed by atoms with E-state index in [1.165, 1.54) is 32.1 Å². The zero-order chi connectivity index (χ0) is 34.7. The van der Waals surface area contributed by atoms with Gasteiger partial charge in [-0.25, -0.2) is 4.79 Å². The minimum Gasteiger partial charge on any atom is -0.458 e. The van der Waals surface area contributed by atoms with Gasteiger partial charge < -0.3 is 38.7 Å². The second-order valence-corrected chi connectivity index (χ2v) is 17.3. The Balaban J connectivity index is 0.992. The molecule has 0 amide bonds. The number of carbonyl (C=O) groups excluding carboxylic acids is 2. The summed E-state index contributed by atoms with van der Waals surface area (Å²) in [7, 11) is 0. The predicted molar refractivity (Wildman–Crippen MR) is 182 cm³/mol. The molecule has 0 aromatic heterocycles. The van der Waals surface area contributed by atoms with Gasteiger partial charge in [-0.3, -0.25) is 0 Å². The van der Waals surface area contributed by atoms with Gasteiger partial charge in [0.1, 0.15) is 19.0 Å². The molecule has 0 spiro atoms. The molecule has 3 aliphatic heterocycles. The summed E-state index contributed by atoms with van der Waals surface area (Å²) in [4.78, 5) is 25.2. The Labute approximate surface area is 293 Å². The van der Waals surface area contributed by atoms with Crippen LogP contribution in [0.5, 0.6) is 0 Å². The number of rotatable bonds is 12. The third-order valence-electron chi connectivity index (χ3n) is 15.0. The lowest BCUT2D eigenvalue weighted by atomic mass is 9.41. The van der Waals surface area contributed by atoms with Gasteiger partial charge in [0.15, 0.2) is 12.1 Å². The minimum absolute atomic E-state index is 0.0769. The van der Waals surface area contributed by atoms with Crippen molar-refractivity contribution in [3.8, 4) is 0 Å². The van der Waals surface area contributed by atoms with Gasteiger partial charge in [0, 0.05) is 30.8 Å². The molecular formula is C40H62O9. The van der Waals surface area contributed by atoms with Crippen molar-refractivity contribution < 1.29 is 43.5 Å². The van der Waals surface area contributed by atoms with Crippen LogP contribution in [0.3, 0.4) is 0 Å². The molecule has 4 saturated carbocycles. The molecule has 0 aromatic rings. The fourth-order valence-electron chi connectivity index (χ4n) is 12.2. The molecule has 7 aliphatic rings. The smallest absolute Gasteiger partial charge is 0.331 e. The maximum atomic E-state index is 13.3. The van der Waals surface area contributed by atoms with Gasteiger partial charge in [-0.15, -0.1) is 0 Å². The number of aliphatic hydroxyl groups is 2. The first kappa shape index (κ1) is 36.0. The Morgan fingerprint density at radius 1 is 0.959 bits per heavy atom. The summed E-state index contributed by atoms with van der Waals surface area (Å²) in [6, 6.07) is 0. The fraction of sp³-hybridized carbons (Fsp3) is 0.900. The molecule has 276 valence electrons. The highest BCUT2D eigenvalue weighted by Crippen LogP contribution is 2.70. The lowest BCUT2D eigenvalue weighted by Gasteiger charge is -2.65. The summed E-state index contributed by atoms with van der Waals surface area (Å²) in [5, 5.41) is 25.0. The van der Waals surface area contributed by atoms with Crippen LogP contribution in [0.25, 0.3) is 0 Å². The van der Waals surface area contributed by atoms with Crippen molar-refractivity contribution in [3.05, 3.63) is 11.6 Å². The van der Waals surface area contributed by atoms with Crippen LogP contribution in [0.1, 0.15) is 143 Å². The van der Waals surface area contributed by atoms with E-state index in [4.69, 9.17) is 23.7 Å². The van der Waals surface area contributed by atoms with Crippen LogP contribution in [-0.4, -0.2) is 76.8 Å². The van der Waals surface area contributed by atoms with Gasteiger partial charge in [0.2, 0.25) is 0 Å². The van der Waals surface area contributed by atoms with E-state index in [2.05, 4.69) is 20.8 Å². The zero-order valence-electron chi connectivity index (χ0n) is 30.5. The van der Waals surface area contributed by atoms with Crippen molar-refractivity contribution in [1.29, 1.82) is 0 Å². The number of unbranched alkanes of at least 4 members (excludes halogenated alkanes) is 5. The maximum Gasteiger partial charge on any atom is 0.331 e. The van der Waals surface area contributed by atoms with Crippen LogP contribution in [0.4, 0.5) is 0 Å². The Morgan fingerprint density at radius 2 is 1.73 bits per heavy atom. The van der Waals surface area contributed by atoms with Gasteiger partial charge in [0.05, 0.1) is 34.9 Å².